The summed E-state index contributed by atoms with van der Waals surface area (Å²) in [5.41, 5.74) is 0.615. The van der Waals surface area contributed by atoms with Gasteiger partial charge in [-0.2, -0.15) is 0 Å². The summed E-state index contributed by atoms with van der Waals surface area (Å²) in [5.74, 6) is -1.67. The van der Waals surface area contributed by atoms with Crippen molar-refractivity contribution in [1.29, 1.82) is 0 Å². The van der Waals surface area contributed by atoms with E-state index in [0.29, 0.717) is 24.6 Å². The summed E-state index contributed by atoms with van der Waals surface area (Å²) in [4.78, 5) is 16.5. The second-order valence-corrected chi connectivity index (χ2v) is 5.78. The molecule has 6 nitrogen and oxygen atoms in total. The van der Waals surface area contributed by atoms with E-state index in [9.17, 15) is 13.6 Å². The zero-order chi connectivity index (χ0) is 17.8. The monoisotopic (exact) mass is 347 g/mol. The van der Waals surface area contributed by atoms with Crippen molar-refractivity contribution >= 4 is 17.4 Å². The first kappa shape index (κ1) is 17.2. The Morgan fingerprint density at radius 3 is 2.44 bits per heavy atom. The normalized spacial score (nSPS) is 15.2. The van der Waals surface area contributed by atoms with E-state index in [1.54, 1.807) is 17.0 Å². The Labute approximate surface area is 144 Å². The zero-order valence-electron chi connectivity index (χ0n) is 13.9. The molecule has 1 amide bonds. The van der Waals surface area contributed by atoms with Gasteiger partial charge in [-0.1, -0.05) is 6.92 Å². The standard InChI is InChI=1S/C17H19F2N5O/c1-2-23-7-9-24(10-8-23)17(25)15-5-6-16(22-21-15)20-12-3-4-13(18)14(19)11-12/h3-6,11H,2,7-10H2,1H3,(H,20,22). The van der Waals surface area contributed by atoms with E-state index < -0.39 is 11.6 Å². The number of nitrogens with one attached hydrogen (secondary N) is 1. The minimum Gasteiger partial charge on any atom is -0.339 e. The maximum absolute atomic E-state index is 13.2. The Morgan fingerprint density at radius 2 is 1.84 bits per heavy atom. The number of halogens is 2. The molecule has 1 N–H and O–H groups in total. The van der Waals surface area contributed by atoms with Crippen LogP contribution in [-0.4, -0.2) is 58.6 Å². The van der Waals surface area contributed by atoms with E-state index >= 15 is 0 Å². The Kier molecular flexibility index (Phi) is 5.18. The predicted octanol–water partition coefficient (Wildman–Crippen LogP) is 2.28. The van der Waals surface area contributed by atoms with Crippen molar-refractivity contribution in [2.75, 3.05) is 38.0 Å². The summed E-state index contributed by atoms with van der Waals surface area (Å²) >= 11 is 0. The number of benzene rings is 1. The summed E-state index contributed by atoms with van der Waals surface area (Å²) in [5, 5.41) is 10.7. The van der Waals surface area contributed by atoms with Gasteiger partial charge in [0.15, 0.2) is 23.1 Å². The summed E-state index contributed by atoms with van der Waals surface area (Å²) in [6.07, 6.45) is 0. The van der Waals surface area contributed by atoms with Crippen LogP contribution >= 0.6 is 0 Å². The van der Waals surface area contributed by atoms with Gasteiger partial charge in [0.1, 0.15) is 0 Å². The first-order valence-electron chi connectivity index (χ1n) is 8.14. The molecule has 2 aromatic rings. The molecule has 1 aromatic heterocycles. The molecule has 0 atom stereocenters. The van der Waals surface area contributed by atoms with E-state index in [1.807, 2.05) is 0 Å². The third-order valence-electron chi connectivity index (χ3n) is 4.18. The van der Waals surface area contributed by atoms with E-state index in [0.717, 1.165) is 31.8 Å². The van der Waals surface area contributed by atoms with Crippen molar-refractivity contribution in [2.24, 2.45) is 0 Å². The van der Waals surface area contributed by atoms with Gasteiger partial charge in [-0.05, 0) is 30.8 Å². The Balaban J connectivity index is 1.63. The molecule has 1 aliphatic rings. The van der Waals surface area contributed by atoms with Crippen LogP contribution in [0.3, 0.4) is 0 Å². The number of carbonyl (C=O) groups is 1. The average molecular weight is 347 g/mol. The van der Waals surface area contributed by atoms with Gasteiger partial charge in [-0.15, -0.1) is 10.2 Å². The molecule has 0 spiro atoms. The van der Waals surface area contributed by atoms with E-state index in [2.05, 4.69) is 27.3 Å². The van der Waals surface area contributed by atoms with E-state index in [1.165, 1.54) is 6.07 Å². The van der Waals surface area contributed by atoms with Crippen molar-refractivity contribution in [1.82, 2.24) is 20.0 Å². The van der Waals surface area contributed by atoms with Gasteiger partial charge in [0.2, 0.25) is 0 Å². The van der Waals surface area contributed by atoms with Crippen LogP contribution in [0.4, 0.5) is 20.3 Å². The molecule has 2 heterocycles. The summed E-state index contributed by atoms with van der Waals surface area (Å²) in [6.45, 7) is 6.12. The fourth-order valence-electron chi connectivity index (χ4n) is 2.66. The number of aromatic nitrogens is 2. The lowest BCUT2D eigenvalue weighted by atomic mass is 10.2. The van der Waals surface area contributed by atoms with Crippen molar-refractivity contribution < 1.29 is 13.6 Å². The lowest BCUT2D eigenvalue weighted by Crippen LogP contribution is -2.48. The molecule has 0 unspecified atom stereocenters. The van der Waals surface area contributed by atoms with E-state index in [-0.39, 0.29) is 11.6 Å². The summed E-state index contributed by atoms with van der Waals surface area (Å²) < 4.78 is 26.1. The van der Waals surface area contributed by atoms with Crippen LogP contribution in [0.1, 0.15) is 17.4 Å². The van der Waals surface area contributed by atoms with Crippen LogP contribution in [0, 0.1) is 11.6 Å². The predicted molar refractivity (Wildman–Crippen MR) is 89.7 cm³/mol. The number of nitrogens with zero attached hydrogens (tertiary/aromatic N) is 4. The van der Waals surface area contributed by atoms with Crippen molar-refractivity contribution in [3.05, 3.63) is 47.7 Å². The van der Waals surface area contributed by atoms with Crippen molar-refractivity contribution in [3.8, 4) is 0 Å². The van der Waals surface area contributed by atoms with Crippen LogP contribution in [0.5, 0.6) is 0 Å². The highest BCUT2D eigenvalue weighted by Gasteiger charge is 2.22. The van der Waals surface area contributed by atoms with Gasteiger partial charge < -0.3 is 15.1 Å². The molecule has 3 rings (SSSR count). The largest absolute Gasteiger partial charge is 0.339 e. The Hall–Kier alpha value is -2.61. The lowest BCUT2D eigenvalue weighted by molar-refractivity contribution is 0.0636. The molecule has 1 aromatic carbocycles. The molecule has 1 aliphatic heterocycles. The van der Waals surface area contributed by atoms with Crippen LogP contribution < -0.4 is 5.32 Å². The van der Waals surface area contributed by atoms with Gasteiger partial charge in [-0.3, -0.25) is 4.79 Å². The summed E-state index contributed by atoms with van der Waals surface area (Å²) in [7, 11) is 0. The van der Waals surface area contributed by atoms with Gasteiger partial charge in [0, 0.05) is 37.9 Å². The third-order valence-corrected chi connectivity index (χ3v) is 4.18. The highest BCUT2D eigenvalue weighted by Crippen LogP contribution is 2.17. The zero-order valence-corrected chi connectivity index (χ0v) is 13.9. The van der Waals surface area contributed by atoms with Gasteiger partial charge in [0.05, 0.1) is 0 Å². The van der Waals surface area contributed by atoms with Crippen LogP contribution in [0.15, 0.2) is 30.3 Å². The highest BCUT2D eigenvalue weighted by molar-refractivity contribution is 5.92. The number of anilines is 2. The quantitative estimate of drug-likeness (QED) is 0.919. The smallest absolute Gasteiger partial charge is 0.274 e. The molecule has 1 fully saturated rings. The number of rotatable bonds is 4. The van der Waals surface area contributed by atoms with Crippen LogP contribution in [0.2, 0.25) is 0 Å². The fraction of sp³-hybridized carbons (Fsp3) is 0.353. The number of amides is 1. The average Bonchev–Trinajstić information content (AvgIpc) is 2.65. The maximum Gasteiger partial charge on any atom is 0.274 e. The maximum atomic E-state index is 13.2. The molecular formula is C17H19F2N5O. The summed E-state index contributed by atoms with van der Waals surface area (Å²) in [6, 6.07) is 6.61. The lowest BCUT2D eigenvalue weighted by Gasteiger charge is -2.33. The molecule has 0 aliphatic carbocycles. The van der Waals surface area contributed by atoms with Gasteiger partial charge >= 0.3 is 0 Å². The second-order valence-electron chi connectivity index (χ2n) is 5.78. The third kappa shape index (κ3) is 4.08. The van der Waals surface area contributed by atoms with Crippen LogP contribution in [0.25, 0.3) is 0 Å². The molecule has 0 saturated carbocycles. The Morgan fingerprint density at radius 1 is 1.08 bits per heavy atom. The molecular weight excluding hydrogens is 328 g/mol. The molecule has 132 valence electrons. The number of hydrogen-bond acceptors (Lipinski definition) is 5. The SMILES string of the molecule is CCN1CCN(C(=O)c2ccc(Nc3ccc(F)c(F)c3)nn2)CC1. The first-order valence-corrected chi connectivity index (χ1v) is 8.14. The molecule has 0 radical (unpaired) electrons. The number of likely N-dealkylation sites (N-methyl/N-ethyl adjacent to an activating group) is 1. The molecule has 0 bridgehead atoms. The minimum atomic E-state index is -0.948. The number of hydrogen-bond donors (Lipinski definition) is 1. The molecule has 1 saturated heterocycles. The number of carbonyl (C=O) groups excluding carboxylic acids is 1. The highest BCUT2D eigenvalue weighted by atomic mass is 19.2. The second kappa shape index (κ2) is 7.52. The van der Waals surface area contributed by atoms with E-state index in [4.69, 9.17) is 0 Å². The van der Waals surface area contributed by atoms with Crippen LogP contribution in [-0.2, 0) is 0 Å². The van der Waals surface area contributed by atoms with Crippen molar-refractivity contribution in [2.45, 2.75) is 6.92 Å². The fourth-order valence-corrected chi connectivity index (χ4v) is 2.66. The van der Waals surface area contributed by atoms with Crippen molar-refractivity contribution in [3.63, 3.8) is 0 Å². The Bertz CT molecular complexity index is 745. The van der Waals surface area contributed by atoms with Gasteiger partial charge in [0.25, 0.3) is 5.91 Å². The molecule has 25 heavy (non-hydrogen) atoms. The first-order chi connectivity index (χ1) is 12.1. The van der Waals surface area contributed by atoms with Gasteiger partial charge in [-0.25, -0.2) is 8.78 Å². The molecule has 8 heteroatoms. The topological polar surface area (TPSA) is 61.4 Å². The number of piperazine rings is 1. The minimum absolute atomic E-state index is 0.150.